The smallest absolute Gasteiger partial charge is 0.119 e. The lowest BCUT2D eigenvalue weighted by Gasteiger charge is -2.09. The van der Waals surface area contributed by atoms with Crippen LogP contribution in [0.1, 0.15) is 25.1 Å². The molecule has 1 aromatic heterocycles. The number of aliphatic hydroxyl groups is 1. The highest BCUT2D eigenvalue weighted by Gasteiger charge is 2.08. The number of aliphatic hydroxyl groups excluding tert-OH is 1. The number of rotatable bonds is 5. The van der Waals surface area contributed by atoms with E-state index in [0.717, 1.165) is 10.9 Å². The summed E-state index contributed by atoms with van der Waals surface area (Å²) in [6, 6.07) is 3.63. The summed E-state index contributed by atoms with van der Waals surface area (Å²) in [5, 5.41) is 9.64. The van der Waals surface area contributed by atoms with Gasteiger partial charge in [0.05, 0.1) is 12.3 Å². The average molecular weight is 260 g/mol. The second-order valence-electron chi connectivity index (χ2n) is 2.99. The minimum atomic E-state index is -0.630. The predicted octanol–water partition coefficient (Wildman–Crippen LogP) is 2.30. The van der Waals surface area contributed by atoms with E-state index >= 15 is 0 Å². The zero-order chi connectivity index (χ0) is 10.4. The van der Waals surface area contributed by atoms with Crippen LogP contribution in [-0.2, 0) is 4.74 Å². The van der Waals surface area contributed by atoms with Crippen LogP contribution in [-0.4, -0.2) is 23.3 Å². The summed E-state index contributed by atoms with van der Waals surface area (Å²) >= 11 is 3.28. The molecule has 0 fully saturated rings. The van der Waals surface area contributed by atoms with Gasteiger partial charge in [-0.15, -0.1) is 0 Å². The van der Waals surface area contributed by atoms with Crippen LogP contribution in [0.25, 0.3) is 0 Å². The van der Waals surface area contributed by atoms with Gasteiger partial charge in [-0.05, 0) is 34.5 Å². The summed E-state index contributed by atoms with van der Waals surface area (Å²) in [5.74, 6) is 0. The Balaban J connectivity index is 2.43. The zero-order valence-electron chi connectivity index (χ0n) is 8.11. The van der Waals surface area contributed by atoms with E-state index in [1.807, 2.05) is 13.0 Å². The molecule has 78 valence electrons. The van der Waals surface area contributed by atoms with Crippen molar-refractivity contribution in [3.63, 3.8) is 0 Å². The highest BCUT2D eigenvalue weighted by Crippen LogP contribution is 2.13. The third kappa shape index (κ3) is 3.74. The van der Waals surface area contributed by atoms with Crippen molar-refractivity contribution in [1.29, 1.82) is 0 Å². The fourth-order valence-corrected chi connectivity index (χ4v) is 1.24. The fraction of sp³-hybridized carbons (Fsp3) is 0.500. The average Bonchev–Trinajstić information content (AvgIpc) is 2.19. The van der Waals surface area contributed by atoms with E-state index in [4.69, 9.17) is 4.74 Å². The molecule has 1 rings (SSSR count). The summed E-state index contributed by atoms with van der Waals surface area (Å²) in [5.41, 5.74) is 0.643. The molecule has 1 atom stereocenters. The van der Waals surface area contributed by atoms with Gasteiger partial charge < -0.3 is 9.84 Å². The molecule has 0 aliphatic carbocycles. The van der Waals surface area contributed by atoms with E-state index in [1.54, 1.807) is 12.3 Å². The van der Waals surface area contributed by atoms with Gasteiger partial charge in [0.2, 0.25) is 0 Å². The monoisotopic (exact) mass is 259 g/mol. The van der Waals surface area contributed by atoms with Crippen LogP contribution in [0.15, 0.2) is 22.8 Å². The van der Waals surface area contributed by atoms with E-state index in [2.05, 4.69) is 20.9 Å². The highest BCUT2D eigenvalue weighted by molar-refractivity contribution is 9.10. The normalized spacial score (nSPS) is 12.8. The topological polar surface area (TPSA) is 42.4 Å². The van der Waals surface area contributed by atoms with E-state index in [9.17, 15) is 5.11 Å². The van der Waals surface area contributed by atoms with Gasteiger partial charge in [0.1, 0.15) is 6.10 Å². The van der Waals surface area contributed by atoms with E-state index < -0.39 is 6.10 Å². The predicted molar refractivity (Wildman–Crippen MR) is 58.0 cm³/mol. The number of hydrogen-bond donors (Lipinski definition) is 1. The standard InChI is InChI=1S/C10H14BrNO2/c1-2-5-14-7-10(13)9-4-3-8(11)6-12-9/h3-4,6,10,13H,2,5,7H2,1H3. The van der Waals surface area contributed by atoms with Crippen molar-refractivity contribution in [2.45, 2.75) is 19.4 Å². The molecule has 1 aromatic rings. The molecule has 0 amide bonds. The number of halogens is 1. The fourth-order valence-electron chi connectivity index (χ4n) is 1.01. The Hall–Kier alpha value is -0.450. The van der Waals surface area contributed by atoms with Gasteiger partial charge in [-0.2, -0.15) is 0 Å². The first-order valence-electron chi connectivity index (χ1n) is 4.61. The van der Waals surface area contributed by atoms with Gasteiger partial charge in [-0.3, -0.25) is 4.98 Å². The van der Waals surface area contributed by atoms with Crippen molar-refractivity contribution in [2.75, 3.05) is 13.2 Å². The van der Waals surface area contributed by atoms with Gasteiger partial charge in [0, 0.05) is 17.3 Å². The third-order valence-corrected chi connectivity index (χ3v) is 2.18. The molecular formula is C10H14BrNO2. The molecule has 14 heavy (non-hydrogen) atoms. The van der Waals surface area contributed by atoms with E-state index in [-0.39, 0.29) is 0 Å². The minimum absolute atomic E-state index is 0.308. The van der Waals surface area contributed by atoms with Crippen molar-refractivity contribution in [3.05, 3.63) is 28.5 Å². The Morgan fingerprint density at radius 3 is 2.93 bits per heavy atom. The molecule has 0 aromatic carbocycles. The van der Waals surface area contributed by atoms with Crippen molar-refractivity contribution in [2.24, 2.45) is 0 Å². The first-order chi connectivity index (χ1) is 6.74. The Morgan fingerprint density at radius 1 is 1.57 bits per heavy atom. The summed E-state index contributed by atoms with van der Waals surface area (Å²) < 4.78 is 6.13. The number of hydrogen-bond acceptors (Lipinski definition) is 3. The van der Waals surface area contributed by atoms with Crippen LogP contribution >= 0.6 is 15.9 Å². The van der Waals surface area contributed by atoms with E-state index in [1.165, 1.54) is 0 Å². The van der Waals surface area contributed by atoms with Crippen LogP contribution in [0.2, 0.25) is 0 Å². The molecule has 1 N–H and O–H groups in total. The Labute approximate surface area is 92.3 Å². The maximum Gasteiger partial charge on any atom is 0.119 e. The van der Waals surface area contributed by atoms with Crippen molar-refractivity contribution in [3.8, 4) is 0 Å². The Morgan fingerprint density at radius 2 is 2.36 bits per heavy atom. The lowest BCUT2D eigenvalue weighted by molar-refractivity contribution is 0.0342. The number of ether oxygens (including phenoxy) is 1. The first-order valence-corrected chi connectivity index (χ1v) is 5.40. The molecule has 0 aliphatic rings. The molecule has 0 spiro atoms. The van der Waals surface area contributed by atoms with E-state index in [0.29, 0.717) is 18.9 Å². The van der Waals surface area contributed by atoms with Crippen LogP contribution in [0.3, 0.4) is 0 Å². The van der Waals surface area contributed by atoms with Gasteiger partial charge >= 0.3 is 0 Å². The molecule has 4 heteroatoms. The molecular weight excluding hydrogens is 246 g/mol. The van der Waals surface area contributed by atoms with Crippen molar-refractivity contribution in [1.82, 2.24) is 4.98 Å². The number of nitrogens with zero attached hydrogens (tertiary/aromatic N) is 1. The molecule has 0 bridgehead atoms. The van der Waals surface area contributed by atoms with Crippen LogP contribution in [0.5, 0.6) is 0 Å². The quantitative estimate of drug-likeness (QED) is 0.826. The molecule has 0 radical (unpaired) electrons. The largest absolute Gasteiger partial charge is 0.384 e. The molecule has 3 nitrogen and oxygen atoms in total. The maximum absolute atomic E-state index is 9.64. The summed E-state index contributed by atoms with van der Waals surface area (Å²) in [4.78, 5) is 4.08. The SMILES string of the molecule is CCCOCC(O)c1ccc(Br)cn1. The highest BCUT2D eigenvalue weighted by atomic mass is 79.9. The van der Waals surface area contributed by atoms with Gasteiger partial charge in [0.25, 0.3) is 0 Å². The van der Waals surface area contributed by atoms with Crippen LogP contribution in [0, 0.1) is 0 Å². The third-order valence-electron chi connectivity index (χ3n) is 1.72. The zero-order valence-corrected chi connectivity index (χ0v) is 9.70. The second-order valence-corrected chi connectivity index (χ2v) is 3.91. The summed E-state index contributed by atoms with van der Waals surface area (Å²) in [7, 11) is 0. The summed E-state index contributed by atoms with van der Waals surface area (Å²) in [6.45, 7) is 3.01. The Bertz CT molecular complexity index is 263. The number of aromatic nitrogens is 1. The lowest BCUT2D eigenvalue weighted by atomic mass is 10.2. The lowest BCUT2D eigenvalue weighted by Crippen LogP contribution is -2.09. The minimum Gasteiger partial charge on any atom is -0.384 e. The summed E-state index contributed by atoms with van der Waals surface area (Å²) in [6.07, 6.45) is 1.99. The Kier molecular flexibility index (Phi) is 5.07. The van der Waals surface area contributed by atoms with Gasteiger partial charge in [-0.25, -0.2) is 0 Å². The molecule has 0 saturated heterocycles. The number of pyridine rings is 1. The van der Waals surface area contributed by atoms with Crippen LogP contribution < -0.4 is 0 Å². The van der Waals surface area contributed by atoms with Crippen molar-refractivity contribution >= 4 is 15.9 Å². The molecule has 0 aliphatic heterocycles. The maximum atomic E-state index is 9.64. The van der Waals surface area contributed by atoms with Gasteiger partial charge in [0.15, 0.2) is 0 Å². The van der Waals surface area contributed by atoms with Crippen molar-refractivity contribution < 1.29 is 9.84 Å². The molecule has 0 saturated carbocycles. The first kappa shape index (κ1) is 11.6. The molecule has 1 unspecified atom stereocenters. The van der Waals surface area contributed by atoms with Crippen LogP contribution in [0.4, 0.5) is 0 Å². The second kappa shape index (κ2) is 6.11. The van der Waals surface area contributed by atoms with Gasteiger partial charge in [-0.1, -0.05) is 6.92 Å². The molecule has 1 heterocycles.